The lowest BCUT2D eigenvalue weighted by atomic mass is 9.84. The van der Waals surface area contributed by atoms with E-state index in [1.54, 1.807) is 11.0 Å². The van der Waals surface area contributed by atoms with E-state index in [2.05, 4.69) is 10.1 Å². The van der Waals surface area contributed by atoms with Crippen LogP contribution in [0.5, 0.6) is 0 Å². The van der Waals surface area contributed by atoms with E-state index >= 15 is 0 Å². The minimum Gasteiger partial charge on any atom is -0.390 e. The van der Waals surface area contributed by atoms with Gasteiger partial charge in [0, 0.05) is 5.02 Å². The summed E-state index contributed by atoms with van der Waals surface area (Å²) in [5.41, 5.74) is -0.0663. The monoisotopic (exact) mass is 307 g/mol. The molecule has 1 fully saturated rings. The SMILES string of the molecule is OC1CC[C@H](Cc2ccc(Cl)cc2)[C@@]1(O)Cn1cncn1. The largest absolute Gasteiger partial charge is 0.390 e. The Morgan fingerprint density at radius 1 is 1.29 bits per heavy atom. The van der Waals surface area contributed by atoms with Crippen LogP contribution in [0, 0.1) is 5.92 Å². The maximum atomic E-state index is 10.9. The molecule has 112 valence electrons. The lowest BCUT2D eigenvalue weighted by Crippen LogP contribution is -2.47. The smallest absolute Gasteiger partial charge is 0.137 e. The van der Waals surface area contributed by atoms with Crippen molar-refractivity contribution in [2.45, 2.75) is 37.5 Å². The molecule has 1 unspecified atom stereocenters. The molecule has 0 spiro atoms. The number of rotatable bonds is 4. The van der Waals surface area contributed by atoms with Crippen molar-refractivity contribution in [1.29, 1.82) is 0 Å². The molecule has 1 heterocycles. The van der Waals surface area contributed by atoms with Crippen LogP contribution in [0.2, 0.25) is 5.02 Å². The summed E-state index contributed by atoms with van der Waals surface area (Å²) in [5.74, 6) is -0.0159. The van der Waals surface area contributed by atoms with E-state index in [1.807, 2.05) is 24.3 Å². The lowest BCUT2D eigenvalue weighted by Gasteiger charge is -2.32. The second-order valence-corrected chi connectivity index (χ2v) is 6.14. The first kappa shape index (κ1) is 14.5. The fourth-order valence-electron chi connectivity index (χ4n) is 3.12. The second-order valence-electron chi connectivity index (χ2n) is 5.70. The molecular weight excluding hydrogens is 290 g/mol. The third-order valence-electron chi connectivity index (χ3n) is 4.35. The third kappa shape index (κ3) is 2.95. The summed E-state index contributed by atoms with van der Waals surface area (Å²) in [7, 11) is 0. The summed E-state index contributed by atoms with van der Waals surface area (Å²) >= 11 is 5.89. The average Bonchev–Trinajstić information content (AvgIpc) is 3.05. The summed E-state index contributed by atoms with van der Waals surface area (Å²) in [5, 5.41) is 25.9. The minimum absolute atomic E-state index is 0.0159. The fourth-order valence-corrected chi connectivity index (χ4v) is 3.25. The number of aliphatic hydroxyl groups excluding tert-OH is 1. The molecule has 21 heavy (non-hydrogen) atoms. The third-order valence-corrected chi connectivity index (χ3v) is 4.60. The summed E-state index contributed by atoms with van der Waals surface area (Å²) in [4.78, 5) is 3.88. The van der Waals surface area contributed by atoms with Crippen LogP contribution < -0.4 is 0 Å². The van der Waals surface area contributed by atoms with E-state index < -0.39 is 11.7 Å². The van der Waals surface area contributed by atoms with Gasteiger partial charge < -0.3 is 10.2 Å². The number of aromatic nitrogens is 3. The molecule has 1 aliphatic carbocycles. The highest BCUT2D eigenvalue weighted by Crippen LogP contribution is 2.39. The number of halogens is 1. The average molecular weight is 308 g/mol. The molecule has 3 atom stereocenters. The molecule has 0 amide bonds. The Morgan fingerprint density at radius 3 is 2.71 bits per heavy atom. The number of aliphatic hydroxyl groups is 2. The first-order valence-corrected chi connectivity index (χ1v) is 7.43. The standard InChI is InChI=1S/C15H18ClN3O2/c16-13-4-1-11(2-5-13)7-12-3-6-14(20)15(12,21)8-19-10-17-9-18-19/h1-2,4-5,9-10,12,14,20-21H,3,6-8H2/t12-,14?,15+/m1/s1. The van der Waals surface area contributed by atoms with Crippen LogP contribution in [0.4, 0.5) is 0 Å². The quantitative estimate of drug-likeness (QED) is 0.901. The molecule has 1 aliphatic rings. The number of benzene rings is 1. The zero-order valence-corrected chi connectivity index (χ0v) is 12.3. The molecule has 0 radical (unpaired) electrons. The Balaban J connectivity index is 1.78. The highest BCUT2D eigenvalue weighted by molar-refractivity contribution is 6.30. The van der Waals surface area contributed by atoms with Crippen LogP contribution in [0.15, 0.2) is 36.9 Å². The summed E-state index contributed by atoms with van der Waals surface area (Å²) < 4.78 is 1.57. The molecule has 6 heteroatoms. The predicted octanol–water partition coefficient (Wildman–Crippen LogP) is 1.68. The summed E-state index contributed by atoms with van der Waals surface area (Å²) in [6.45, 7) is 0.256. The van der Waals surface area contributed by atoms with E-state index in [4.69, 9.17) is 11.6 Å². The Kier molecular flexibility index (Phi) is 3.97. The molecule has 5 nitrogen and oxygen atoms in total. The first-order valence-electron chi connectivity index (χ1n) is 7.05. The van der Waals surface area contributed by atoms with Gasteiger partial charge in [-0.25, -0.2) is 9.67 Å². The van der Waals surface area contributed by atoms with Gasteiger partial charge in [0.2, 0.25) is 0 Å². The van der Waals surface area contributed by atoms with Crippen LogP contribution in [0.25, 0.3) is 0 Å². The van der Waals surface area contributed by atoms with E-state index in [9.17, 15) is 10.2 Å². The van der Waals surface area contributed by atoms with E-state index in [0.29, 0.717) is 17.9 Å². The first-order chi connectivity index (χ1) is 10.1. The van der Waals surface area contributed by atoms with Crippen molar-refractivity contribution in [2.24, 2.45) is 5.92 Å². The molecule has 3 rings (SSSR count). The van der Waals surface area contributed by atoms with Crippen molar-refractivity contribution >= 4 is 11.6 Å². The number of hydrogen-bond donors (Lipinski definition) is 2. The Labute approximate surface area is 128 Å². The van der Waals surface area contributed by atoms with Crippen molar-refractivity contribution in [2.75, 3.05) is 0 Å². The van der Waals surface area contributed by atoms with Gasteiger partial charge in [0.05, 0.1) is 12.6 Å². The van der Waals surface area contributed by atoms with E-state index in [-0.39, 0.29) is 12.5 Å². The highest BCUT2D eigenvalue weighted by atomic mass is 35.5. The zero-order valence-electron chi connectivity index (χ0n) is 11.6. The van der Waals surface area contributed by atoms with Crippen molar-refractivity contribution in [1.82, 2.24) is 14.8 Å². The Bertz CT molecular complexity index is 587. The normalized spacial score (nSPS) is 28.9. The number of nitrogens with zero attached hydrogens (tertiary/aromatic N) is 3. The Hall–Kier alpha value is -1.43. The maximum Gasteiger partial charge on any atom is 0.137 e. The van der Waals surface area contributed by atoms with Crippen LogP contribution >= 0.6 is 11.6 Å². The molecule has 2 aromatic rings. The van der Waals surface area contributed by atoms with Gasteiger partial charge in [-0.15, -0.1) is 0 Å². The molecule has 0 aliphatic heterocycles. The molecule has 1 aromatic carbocycles. The second kappa shape index (κ2) is 5.75. The lowest BCUT2D eigenvalue weighted by molar-refractivity contribution is -0.0937. The van der Waals surface area contributed by atoms with Crippen LogP contribution in [0.3, 0.4) is 0 Å². The number of hydrogen-bond acceptors (Lipinski definition) is 4. The van der Waals surface area contributed by atoms with Crippen molar-refractivity contribution in [3.8, 4) is 0 Å². The van der Waals surface area contributed by atoms with E-state index in [0.717, 1.165) is 12.0 Å². The van der Waals surface area contributed by atoms with Crippen LogP contribution in [-0.4, -0.2) is 36.7 Å². The van der Waals surface area contributed by atoms with Gasteiger partial charge in [0.25, 0.3) is 0 Å². The summed E-state index contributed by atoms with van der Waals surface area (Å²) in [6, 6.07) is 7.61. The van der Waals surface area contributed by atoms with Crippen LogP contribution in [0.1, 0.15) is 18.4 Å². The Morgan fingerprint density at radius 2 is 2.05 bits per heavy atom. The molecular formula is C15H18ClN3O2. The van der Waals surface area contributed by atoms with Gasteiger partial charge in [-0.1, -0.05) is 23.7 Å². The predicted molar refractivity (Wildman–Crippen MR) is 78.9 cm³/mol. The van der Waals surface area contributed by atoms with Gasteiger partial charge in [-0.05, 0) is 42.9 Å². The highest BCUT2D eigenvalue weighted by Gasteiger charge is 2.48. The van der Waals surface area contributed by atoms with Gasteiger partial charge in [0.1, 0.15) is 18.3 Å². The van der Waals surface area contributed by atoms with Gasteiger partial charge in [0.15, 0.2) is 0 Å². The van der Waals surface area contributed by atoms with Crippen LogP contribution in [-0.2, 0) is 13.0 Å². The summed E-state index contributed by atoms with van der Waals surface area (Å²) in [6.07, 6.45) is 4.35. The molecule has 0 bridgehead atoms. The maximum absolute atomic E-state index is 10.9. The minimum atomic E-state index is -1.17. The topological polar surface area (TPSA) is 71.2 Å². The van der Waals surface area contributed by atoms with E-state index in [1.165, 1.54) is 6.33 Å². The fraction of sp³-hybridized carbons (Fsp3) is 0.467. The molecule has 0 saturated heterocycles. The zero-order chi connectivity index (χ0) is 14.9. The van der Waals surface area contributed by atoms with Crippen molar-refractivity contribution < 1.29 is 10.2 Å². The van der Waals surface area contributed by atoms with Crippen molar-refractivity contribution in [3.63, 3.8) is 0 Å². The van der Waals surface area contributed by atoms with Gasteiger partial charge >= 0.3 is 0 Å². The molecule has 1 aromatic heterocycles. The molecule has 1 saturated carbocycles. The van der Waals surface area contributed by atoms with Gasteiger partial charge in [-0.3, -0.25) is 0 Å². The van der Waals surface area contributed by atoms with Gasteiger partial charge in [-0.2, -0.15) is 5.10 Å². The molecule has 2 N–H and O–H groups in total. The van der Waals surface area contributed by atoms with Crippen molar-refractivity contribution in [3.05, 3.63) is 47.5 Å².